The fraction of sp³-hybridized carbons (Fsp3) is 0.278. The van der Waals surface area contributed by atoms with E-state index in [-0.39, 0.29) is 6.04 Å². The Labute approximate surface area is 130 Å². The molecular formula is C18H20N4. The highest BCUT2D eigenvalue weighted by Gasteiger charge is 2.25. The third-order valence-electron chi connectivity index (χ3n) is 4.45. The Kier molecular flexibility index (Phi) is 3.62. The fourth-order valence-electron chi connectivity index (χ4n) is 3.39. The van der Waals surface area contributed by atoms with Gasteiger partial charge in [-0.3, -0.25) is 9.88 Å². The molecule has 22 heavy (non-hydrogen) atoms. The third-order valence-corrected chi connectivity index (χ3v) is 4.45. The zero-order valence-corrected chi connectivity index (χ0v) is 12.5. The average molecular weight is 292 g/mol. The van der Waals surface area contributed by atoms with Crippen LogP contribution in [0.2, 0.25) is 0 Å². The van der Waals surface area contributed by atoms with Crippen molar-refractivity contribution in [2.24, 2.45) is 0 Å². The summed E-state index contributed by atoms with van der Waals surface area (Å²) in [6, 6.07) is 13.1. The summed E-state index contributed by atoms with van der Waals surface area (Å²) >= 11 is 0. The van der Waals surface area contributed by atoms with E-state index in [9.17, 15) is 0 Å². The van der Waals surface area contributed by atoms with Crippen molar-refractivity contribution in [2.45, 2.75) is 6.04 Å². The van der Waals surface area contributed by atoms with E-state index in [1.807, 2.05) is 12.4 Å². The maximum atomic E-state index is 4.18. The van der Waals surface area contributed by atoms with Crippen LogP contribution in [-0.4, -0.2) is 41.0 Å². The quantitative estimate of drug-likeness (QED) is 0.780. The van der Waals surface area contributed by atoms with Crippen molar-refractivity contribution >= 4 is 10.9 Å². The SMILES string of the molecule is c1ccc2c(C(c3ccncc3)N3CCNCC3)c[nH]c2c1. The first kappa shape index (κ1) is 13.5. The topological polar surface area (TPSA) is 44.0 Å². The second-order valence-corrected chi connectivity index (χ2v) is 5.76. The molecule has 1 aromatic carbocycles. The van der Waals surface area contributed by atoms with Crippen molar-refractivity contribution in [3.05, 3.63) is 66.1 Å². The predicted molar refractivity (Wildman–Crippen MR) is 88.8 cm³/mol. The molecule has 4 rings (SSSR count). The second-order valence-electron chi connectivity index (χ2n) is 5.76. The minimum absolute atomic E-state index is 0.279. The largest absolute Gasteiger partial charge is 0.361 e. The molecule has 0 saturated carbocycles. The number of pyridine rings is 1. The van der Waals surface area contributed by atoms with Crippen LogP contribution in [0.1, 0.15) is 17.2 Å². The number of para-hydroxylation sites is 1. The molecule has 0 bridgehead atoms. The molecule has 0 radical (unpaired) electrons. The zero-order chi connectivity index (χ0) is 14.8. The molecule has 1 atom stereocenters. The molecule has 0 amide bonds. The van der Waals surface area contributed by atoms with Crippen molar-refractivity contribution in [2.75, 3.05) is 26.2 Å². The van der Waals surface area contributed by atoms with Gasteiger partial charge in [-0.15, -0.1) is 0 Å². The van der Waals surface area contributed by atoms with Gasteiger partial charge in [0.2, 0.25) is 0 Å². The predicted octanol–water partition coefficient (Wildman–Crippen LogP) is 2.56. The lowest BCUT2D eigenvalue weighted by molar-refractivity contribution is 0.199. The highest BCUT2D eigenvalue weighted by Crippen LogP contribution is 2.33. The molecule has 112 valence electrons. The van der Waals surface area contributed by atoms with Gasteiger partial charge in [0, 0.05) is 55.7 Å². The average Bonchev–Trinajstić information content (AvgIpc) is 3.01. The van der Waals surface area contributed by atoms with E-state index in [0.717, 1.165) is 26.2 Å². The van der Waals surface area contributed by atoms with E-state index in [2.05, 4.69) is 62.8 Å². The molecule has 0 spiro atoms. The van der Waals surface area contributed by atoms with Gasteiger partial charge in [-0.05, 0) is 29.3 Å². The van der Waals surface area contributed by atoms with Gasteiger partial charge in [-0.2, -0.15) is 0 Å². The van der Waals surface area contributed by atoms with Crippen LogP contribution < -0.4 is 5.32 Å². The maximum Gasteiger partial charge on any atom is 0.0624 e. The van der Waals surface area contributed by atoms with E-state index in [1.54, 1.807) is 0 Å². The fourth-order valence-corrected chi connectivity index (χ4v) is 3.39. The Morgan fingerprint density at radius 1 is 1.00 bits per heavy atom. The number of rotatable bonds is 3. The summed E-state index contributed by atoms with van der Waals surface area (Å²) in [5.74, 6) is 0. The number of nitrogens with zero attached hydrogens (tertiary/aromatic N) is 2. The Bertz CT molecular complexity index is 744. The summed E-state index contributed by atoms with van der Waals surface area (Å²) in [7, 11) is 0. The highest BCUT2D eigenvalue weighted by atomic mass is 15.2. The Morgan fingerprint density at radius 2 is 1.77 bits per heavy atom. The van der Waals surface area contributed by atoms with Crippen LogP contribution >= 0.6 is 0 Å². The summed E-state index contributed by atoms with van der Waals surface area (Å²) in [5, 5.41) is 4.75. The van der Waals surface area contributed by atoms with Crippen LogP contribution in [0.5, 0.6) is 0 Å². The second kappa shape index (κ2) is 5.91. The Morgan fingerprint density at radius 3 is 2.59 bits per heavy atom. The Balaban J connectivity index is 1.83. The number of nitrogens with one attached hydrogen (secondary N) is 2. The molecule has 4 heteroatoms. The number of H-pyrrole nitrogens is 1. The van der Waals surface area contributed by atoms with Gasteiger partial charge >= 0.3 is 0 Å². The van der Waals surface area contributed by atoms with Gasteiger partial charge in [-0.25, -0.2) is 0 Å². The summed E-state index contributed by atoms with van der Waals surface area (Å²) in [5.41, 5.74) is 3.86. The van der Waals surface area contributed by atoms with Crippen molar-refractivity contribution in [1.82, 2.24) is 20.2 Å². The molecule has 2 N–H and O–H groups in total. The van der Waals surface area contributed by atoms with E-state index in [4.69, 9.17) is 0 Å². The minimum atomic E-state index is 0.279. The molecule has 1 unspecified atom stereocenters. The van der Waals surface area contributed by atoms with Crippen molar-refractivity contribution in [3.8, 4) is 0 Å². The summed E-state index contributed by atoms with van der Waals surface area (Å²) in [6.45, 7) is 4.22. The molecule has 4 nitrogen and oxygen atoms in total. The van der Waals surface area contributed by atoms with Crippen LogP contribution in [0.4, 0.5) is 0 Å². The number of aromatic nitrogens is 2. The number of aromatic amines is 1. The summed E-state index contributed by atoms with van der Waals surface area (Å²) in [4.78, 5) is 10.2. The molecule has 1 saturated heterocycles. The van der Waals surface area contributed by atoms with Crippen LogP contribution in [0.25, 0.3) is 10.9 Å². The molecule has 3 aromatic rings. The monoisotopic (exact) mass is 292 g/mol. The first-order valence-electron chi connectivity index (χ1n) is 7.84. The third kappa shape index (κ3) is 2.40. The standard InChI is InChI=1S/C18H20N4/c1-2-4-17-15(3-1)16(13-21-17)18(14-5-7-19-8-6-14)22-11-9-20-10-12-22/h1-8,13,18,20-21H,9-12H2. The van der Waals surface area contributed by atoms with E-state index in [0.29, 0.717) is 0 Å². The van der Waals surface area contributed by atoms with Crippen LogP contribution in [-0.2, 0) is 0 Å². The Hall–Kier alpha value is -2.17. The van der Waals surface area contributed by atoms with Gasteiger partial charge < -0.3 is 10.3 Å². The zero-order valence-electron chi connectivity index (χ0n) is 12.5. The number of hydrogen-bond donors (Lipinski definition) is 2. The van der Waals surface area contributed by atoms with Crippen molar-refractivity contribution in [1.29, 1.82) is 0 Å². The van der Waals surface area contributed by atoms with Gasteiger partial charge in [0.15, 0.2) is 0 Å². The minimum Gasteiger partial charge on any atom is -0.361 e. The first-order valence-corrected chi connectivity index (χ1v) is 7.84. The van der Waals surface area contributed by atoms with Gasteiger partial charge in [0.05, 0.1) is 6.04 Å². The van der Waals surface area contributed by atoms with E-state index in [1.165, 1.54) is 22.0 Å². The molecular weight excluding hydrogens is 272 g/mol. The number of benzene rings is 1. The summed E-state index contributed by atoms with van der Waals surface area (Å²) < 4.78 is 0. The molecule has 0 aliphatic carbocycles. The smallest absolute Gasteiger partial charge is 0.0624 e. The molecule has 1 aliphatic heterocycles. The van der Waals surface area contributed by atoms with E-state index >= 15 is 0 Å². The van der Waals surface area contributed by atoms with Gasteiger partial charge in [0.1, 0.15) is 0 Å². The molecule has 3 heterocycles. The number of fused-ring (bicyclic) bond motifs is 1. The van der Waals surface area contributed by atoms with Crippen LogP contribution in [0.15, 0.2) is 55.0 Å². The van der Waals surface area contributed by atoms with Crippen molar-refractivity contribution in [3.63, 3.8) is 0 Å². The van der Waals surface area contributed by atoms with Gasteiger partial charge in [-0.1, -0.05) is 18.2 Å². The molecule has 1 aliphatic rings. The lowest BCUT2D eigenvalue weighted by Gasteiger charge is -2.35. The maximum absolute atomic E-state index is 4.18. The van der Waals surface area contributed by atoms with Crippen LogP contribution in [0, 0.1) is 0 Å². The summed E-state index contributed by atoms with van der Waals surface area (Å²) in [6.07, 6.45) is 5.94. The first-order chi connectivity index (χ1) is 10.9. The lowest BCUT2D eigenvalue weighted by Crippen LogP contribution is -2.45. The normalized spacial score (nSPS) is 17.6. The van der Waals surface area contributed by atoms with Crippen molar-refractivity contribution < 1.29 is 0 Å². The lowest BCUT2D eigenvalue weighted by atomic mass is 9.97. The number of piperazine rings is 1. The highest BCUT2D eigenvalue weighted by molar-refractivity contribution is 5.84. The van der Waals surface area contributed by atoms with Gasteiger partial charge in [0.25, 0.3) is 0 Å². The van der Waals surface area contributed by atoms with Crippen LogP contribution in [0.3, 0.4) is 0 Å². The number of hydrogen-bond acceptors (Lipinski definition) is 3. The molecule has 2 aromatic heterocycles. The van der Waals surface area contributed by atoms with E-state index < -0.39 is 0 Å². The molecule has 1 fully saturated rings.